The highest BCUT2D eigenvalue weighted by Gasteiger charge is 2.24. The number of nitrogens with one attached hydrogen (secondary N) is 1. The van der Waals surface area contributed by atoms with Crippen LogP contribution in [0.15, 0.2) is 58.5 Å². The highest BCUT2D eigenvalue weighted by atomic mass is 32.1. The first-order valence-corrected chi connectivity index (χ1v) is 10.2. The van der Waals surface area contributed by atoms with Crippen LogP contribution >= 0.6 is 11.3 Å². The summed E-state index contributed by atoms with van der Waals surface area (Å²) in [4.78, 5) is 17.6. The van der Waals surface area contributed by atoms with Crippen molar-refractivity contribution in [2.45, 2.75) is 6.54 Å². The first-order valence-electron chi connectivity index (χ1n) is 9.34. The Balaban J connectivity index is 1.27. The molecule has 142 valence electrons. The Kier molecular flexibility index (Phi) is 4.46. The number of carbonyl (C=O) groups excluding carboxylic acids is 1. The molecule has 1 aliphatic rings. The average Bonchev–Trinajstić information content (AvgIpc) is 3.47. The Bertz CT molecular complexity index is 1060. The maximum Gasteiger partial charge on any atom is 0.264 e. The van der Waals surface area contributed by atoms with Gasteiger partial charge in [-0.05, 0) is 23.6 Å². The normalized spacial score (nSPS) is 15.4. The summed E-state index contributed by atoms with van der Waals surface area (Å²) in [6.07, 6.45) is 1.87. The van der Waals surface area contributed by atoms with Gasteiger partial charge in [0.1, 0.15) is 11.3 Å². The van der Waals surface area contributed by atoms with E-state index in [-0.39, 0.29) is 5.91 Å². The number of thiophene rings is 1. The Morgan fingerprint density at radius 1 is 1.14 bits per heavy atom. The van der Waals surface area contributed by atoms with Gasteiger partial charge in [0.15, 0.2) is 5.76 Å². The standard InChI is InChI=1S/C21H20N4O2S/c26-21(19-6-3-11-28-19)25-9-7-24(8-10-25)14-16-13-22-23-20(16)18-12-15-4-1-2-5-17(15)27-18/h1-6,11-13H,7-10,14H2,(H,22,23). The van der Waals surface area contributed by atoms with Crippen LogP contribution in [0.1, 0.15) is 15.2 Å². The van der Waals surface area contributed by atoms with E-state index in [1.54, 1.807) is 0 Å². The predicted molar refractivity (Wildman–Crippen MR) is 109 cm³/mol. The molecule has 1 aromatic carbocycles. The molecule has 0 saturated carbocycles. The maximum atomic E-state index is 12.5. The second-order valence-corrected chi connectivity index (χ2v) is 7.91. The number of hydrogen-bond donors (Lipinski definition) is 1. The lowest BCUT2D eigenvalue weighted by molar-refractivity contribution is 0.0633. The molecule has 0 atom stereocenters. The Hall–Kier alpha value is -2.90. The van der Waals surface area contributed by atoms with E-state index in [2.05, 4.69) is 15.1 Å². The largest absolute Gasteiger partial charge is 0.454 e. The minimum atomic E-state index is 0.140. The van der Waals surface area contributed by atoms with Crippen LogP contribution in [0.25, 0.3) is 22.4 Å². The number of piperazine rings is 1. The van der Waals surface area contributed by atoms with Crippen molar-refractivity contribution >= 4 is 28.2 Å². The smallest absolute Gasteiger partial charge is 0.264 e. The molecule has 0 spiro atoms. The van der Waals surface area contributed by atoms with Crippen LogP contribution in [0.2, 0.25) is 0 Å². The highest BCUT2D eigenvalue weighted by molar-refractivity contribution is 7.12. The Morgan fingerprint density at radius 2 is 2.00 bits per heavy atom. The first kappa shape index (κ1) is 17.2. The number of fused-ring (bicyclic) bond motifs is 1. The average molecular weight is 392 g/mol. The van der Waals surface area contributed by atoms with Crippen LogP contribution in [0, 0.1) is 0 Å². The van der Waals surface area contributed by atoms with Crippen molar-refractivity contribution in [1.29, 1.82) is 0 Å². The van der Waals surface area contributed by atoms with Crippen molar-refractivity contribution in [2.75, 3.05) is 26.2 Å². The number of amides is 1. The van der Waals surface area contributed by atoms with Crippen LogP contribution in [0.4, 0.5) is 0 Å². The Morgan fingerprint density at radius 3 is 2.79 bits per heavy atom. The zero-order valence-electron chi connectivity index (χ0n) is 15.3. The van der Waals surface area contributed by atoms with Gasteiger partial charge in [-0.1, -0.05) is 24.3 Å². The van der Waals surface area contributed by atoms with E-state index < -0.39 is 0 Å². The van der Waals surface area contributed by atoms with Gasteiger partial charge >= 0.3 is 0 Å². The van der Waals surface area contributed by atoms with Crippen molar-refractivity contribution in [2.24, 2.45) is 0 Å². The van der Waals surface area contributed by atoms with E-state index in [1.165, 1.54) is 11.3 Å². The van der Waals surface area contributed by atoms with Crippen LogP contribution < -0.4 is 0 Å². The molecular weight excluding hydrogens is 372 g/mol. The molecule has 28 heavy (non-hydrogen) atoms. The maximum absolute atomic E-state index is 12.5. The number of H-pyrrole nitrogens is 1. The lowest BCUT2D eigenvalue weighted by Crippen LogP contribution is -2.48. The molecule has 0 radical (unpaired) electrons. The summed E-state index contributed by atoms with van der Waals surface area (Å²) in [5.41, 5.74) is 2.91. The summed E-state index contributed by atoms with van der Waals surface area (Å²) in [5.74, 6) is 0.945. The van der Waals surface area contributed by atoms with E-state index >= 15 is 0 Å². The van der Waals surface area contributed by atoms with Crippen LogP contribution in [-0.2, 0) is 6.54 Å². The van der Waals surface area contributed by atoms with Gasteiger partial charge in [-0.3, -0.25) is 14.8 Å². The van der Waals surface area contributed by atoms with Crippen LogP contribution in [-0.4, -0.2) is 52.1 Å². The fourth-order valence-electron chi connectivity index (χ4n) is 3.66. The summed E-state index contributed by atoms with van der Waals surface area (Å²) < 4.78 is 5.99. The second kappa shape index (κ2) is 7.26. The third kappa shape index (κ3) is 3.23. The van der Waals surface area contributed by atoms with Crippen LogP contribution in [0.3, 0.4) is 0 Å². The van der Waals surface area contributed by atoms with Crippen molar-refractivity contribution in [3.8, 4) is 11.5 Å². The SMILES string of the molecule is O=C(c1cccs1)N1CCN(Cc2cn[nH]c2-c2cc3ccccc3o2)CC1. The number of nitrogens with zero attached hydrogens (tertiary/aromatic N) is 3. The van der Waals surface area contributed by atoms with Gasteiger partial charge in [0.05, 0.1) is 11.1 Å². The summed E-state index contributed by atoms with van der Waals surface area (Å²) in [7, 11) is 0. The van der Waals surface area contributed by atoms with E-state index in [0.29, 0.717) is 0 Å². The number of aromatic nitrogens is 2. The number of rotatable bonds is 4. The van der Waals surface area contributed by atoms with E-state index in [9.17, 15) is 4.79 Å². The summed E-state index contributed by atoms with van der Waals surface area (Å²) >= 11 is 1.50. The number of para-hydroxylation sites is 1. The van der Waals surface area contributed by atoms with Crippen LogP contribution in [0.5, 0.6) is 0 Å². The van der Waals surface area contributed by atoms with Crippen molar-refractivity contribution < 1.29 is 9.21 Å². The molecule has 0 bridgehead atoms. The third-order valence-corrected chi connectivity index (χ3v) is 6.03. The molecule has 0 aliphatic carbocycles. The third-order valence-electron chi connectivity index (χ3n) is 5.18. The number of hydrogen-bond acceptors (Lipinski definition) is 5. The molecule has 1 saturated heterocycles. The van der Waals surface area contributed by atoms with Gasteiger partial charge < -0.3 is 9.32 Å². The summed E-state index contributed by atoms with van der Waals surface area (Å²) in [6, 6.07) is 13.9. The van der Waals surface area contributed by atoms with Crippen molar-refractivity contribution in [1.82, 2.24) is 20.0 Å². The lowest BCUT2D eigenvalue weighted by Gasteiger charge is -2.34. The van der Waals surface area contributed by atoms with Crippen molar-refractivity contribution in [3.05, 3.63) is 64.5 Å². The number of furan rings is 1. The van der Waals surface area contributed by atoms with Gasteiger partial charge in [-0.2, -0.15) is 5.10 Å². The topological polar surface area (TPSA) is 65.4 Å². The quantitative estimate of drug-likeness (QED) is 0.573. The number of carbonyl (C=O) groups is 1. The number of benzene rings is 1. The highest BCUT2D eigenvalue weighted by Crippen LogP contribution is 2.29. The molecule has 1 aliphatic heterocycles. The van der Waals surface area contributed by atoms with Gasteiger partial charge in [0, 0.05) is 43.7 Å². The molecule has 4 aromatic rings. The summed E-state index contributed by atoms with van der Waals surface area (Å²) in [6.45, 7) is 3.97. The molecule has 0 unspecified atom stereocenters. The van der Waals surface area contributed by atoms with Gasteiger partial charge in [-0.15, -0.1) is 11.3 Å². The fourth-order valence-corrected chi connectivity index (χ4v) is 4.35. The lowest BCUT2D eigenvalue weighted by atomic mass is 10.1. The molecule has 6 nitrogen and oxygen atoms in total. The molecular formula is C21H20N4O2S. The molecule has 1 amide bonds. The zero-order chi connectivity index (χ0) is 18.9. The number of aromatic amines is 1. The van der Waals surface area contributed by atoms with Gasteiger partial charge in [0.25, 0.3) is 5.91 Å². The van der Waals surface area contributed by atoms with Gasteiger partial charge in [-0.25, -0.2) is 0 Å². The van der Waals surface area contributed by atoms with E-state index in [4.69, 9.17) is 4.42 Å². The monoisotopic (exact) mass is 392 g/mol. The molecule has 7 heteroatoms. The fraction of sp³-hybridized carbons (Fsp3) is 0.238. The minimum absolute atomic E-state index is 0.140. The van der Waals surface area contributed by atoms with E-state index in [0.717, 1.165) is 65.6 Å². The molecule has 1 fully saturated rings. The molecule has 3 aromatic heterocycles. The molecule has 1 N–H and O–H groups in total. The summed E-state index contributed by atoms with van der Waals surface area (Å²) in [5, 5.41) is 10.3. The van der Waals surface area contributed by atoms with E-state index in [1.807, 2.05) is 58.9 Å². The zero-order valence-corrected chi connectivity index (χ0v) is 16.1. The molecule has 4 heterocycles. The van der Waals surface area contributed by atoms with Crippen molar-refractivity contribution in [3.63, 3.8) is 0 Å². The molecule has 5 rings (SSSR count). The predicted octanol–water partition coefficient (Wildman–Crippen LogP) is 3.84. The Labute approximate surface area is 166 Å². The second-order valence-electron chi connectivity index (χ2n) is 6.96. The van der Waals surface area contributed by atoms with Gasteiger partial charge in [0.2, 0.25) is 0 Å². The minimum Gasteiger partial charge on any atom is -0.454 e. The first-order chi connectivity index (χ1) is 13.8.